The zero-order valence-corrected chi connectivity index (χ0v) is 8.20. The molecule has 0 aliphatic carbocycles. The lowest BCUT2D eigenvalue weighted by molar-refractivity contribution is 0.0729. The summed E-state index contributed by atoms with van der Waals surface area (Å²) in [5.74, 6) is 0.127. The number of hydrogen-bond acceptors (Lipinski definition) is 2. The summed E-state index contributed by atoms with van der Waals surface area (Å²) in [6, 6.07) is 0. The summed E-state index contributed by atoms with van der Waals surface area (Å²) < 4.78 is 24.1. The zero-order chi connectivity index (χ0) is 9.84. The summed E-state index contributed by atoms with van der Waals surface area (Å²) in [6.07, 6.45) is -0.408. The van der Waals surface area contributed by atoms with Crippen LogP contribution in [-0.4, -0.2) is 35.9 Å². The number of nitrogens with two attached hydrogens (primary N) is 1. The van der Waals surface area contributed by atoms with Gasteiger partial charge in [0, 0.05) is 12.5 Å². The number of hydrogen-bond donors (Lipinski definition) is 1. The van der Waals surface area contributed by atoms with Crippen LogP contribution in [0.5, 0.6) is 0 Å². The van der Waals surface area contributed by atoms with E-state index in [-0.39, 0.29) is 12.5 Å². The monoisotopic (exact) mass is 208 g/mol. The van der Waals surface area contributed by atoms with Crippen molar-refractivity contribution < 1.29 is 8.78 Å². The first kappa shape index (κ1) is 10.8. The van der Waals surface area contributed by atoms with E-state index in [4.69, 9.17) is 18.0 Å². The highest BCUT2D eigenvalue weighted by molar-refractivity contribution is 7.80. The van der Waals surface area contributed by atoms with E-state index < -0.39 is 6.43 Å². The summed E-state index contributed by atoms with van der Waals surface area (Å²) in [5, 5.41) is 0. The third kappa shape index (κ3) is 3.52. The first-order valence-electron chi connectivity index (χ1n) is 4.39. The normalized spacial score (nSPS) is 25.0. The third-order valence-electron chi connectivity index (χ3n) is 2.30. The molecule has 0 amide bonds. The summed E-state index contributed by atoms with van der Waals surface area (Å²) >= 11 is 4.85. The molecule has 1 aliphatic heterocycles. The SMILES string of the molecule is NC(=S)C1CCCN(CC(F)F)C1. The molecule has 1 fully saturated rings. The van der Waals surface area contributed by atoms with Crippen molar-refractivity contribution in [2.45, 2.75) is 19.3 Å². The second kappa shape index (κ2) is 4.81. The van der Waals surface area contributed by atoms with Crippen LogP contribution < -0.4 is 5.73 Å². The molecule has 0 saturated carbocycles. The largest absolute Gasteiger partial charge is 0.393 e. The lowest BCUT2D eigenvalue weighted by atomic mass is 9.98. The Hall–Kier alpha value is -0.290. The molecule has 76 valence electrons. The molecule has 0 bridgehead atoms. The molecule has 1 atom stereocenters. The zero-order valence-electron chi connectivity index (χ0n) is 7.38. The van der Waals surface area contributed by atoms with Crippen molar-refractivity contribution in [2.24, 2.45) is 11.7 Å². The van der Waals surface area contributed by atoms with E-state index in [9.17, 15) is 8.78 Å². The molecule has 0 aromatic heterocycles. The Bertz CT molecular complexity index is 187. The minimum Gasteiger partial charge on any atom is -0.393 e. The van der Waals surface area contributed by atoms with E-state index >= 15 is 0 Å². The van der Waals surface area contributed by atoms with Crippen LogP contribution >= 0.6 is 12.2 Å². The van der Waals surface area contributed by atoms with Crippen LogP contribution in [0.2, 0.25) is 0 Å². The van der Waals surface area contributed by atoms with Crippen molar-refractivity contribution in [3.05, 3.63) is 0 Å². The number of halogens is 2. The van der Waals surface area contributed by atoms with Crippen LogP contribution in [0.1, 0.15) is 12.8 Å². The fraction of sp³-hybridized carbons (Fsp3) is 0.875. The molecular formula is C8H14F2N2S. The Kier molecular flexibility index (Phi) is 3.99. The highest BCUT2D eigenvalue weighted by Crippen LogP contribution is 2.17. The Labute approximate surface area is 82.1 Å². The van der Waals surface area contributed by atoms with Gasteiger partial charge in [-0.3, -0.25) is 4.90 Å². The number of nitrogens with zero attached hydrogens (tertiary/aromatic N) is 1. The lowest BCUT2D eigenvalue weighted by Gasteiger charge is -2.31. The molecule has 2 N–H and O–H groups in total. The van der Waals surface area contributed by atoms with Gasteiger partial charge in [-0.2, -0.15) is 0 Å². The topological polar surface area (TPSA) is 29.3 Å². The standard InChI is InChI=1S/C8H14F2N2S/c9-7(10)5-12-3-1-2-6(4-12)8(11)13/h6-7H,1-5H2,(H2,11,13). The van der Waals surface area contributed by atoms with Crippen molar-refractivity contribution in [1.82, 2.24) is 4.90 Å². The molecule has 13 heavy (non-hydrogen) atoms. The van der Waals surface area contributed by atoms with E-state index in [1.807, 2.05) is 0 Å². The van der Waals surface area contributed by atoms with Gasteiger partial charge in [0.2, 0.25) is 0 Å². The molecule has 1 unspecified atom stereocenters. The Morgan fingerprint density at radius 3 is 2.85 bits per heavy atom. The van der Waals surface area contributed by atoms with Crippen molar-refractivity contribution in [1.29, 1.82) is 0 Å². The smallest absolute Gasteiger partial charge is 0.251 e. The average Bonchev–Trinajstić information content (AvgIpc) is 2.03. The van der Waals surface area contributed by atoms with Crippen LogP contribution in [0, 0.1) is 5.92 Å². The maximum Gasteiger partial charge on any atom is 0.251 e. The number of likely N-dealkylation sites (tertiary alicyclic amines) is 1. The summed E-state index contributed by atoms with van der Waals surface area (Å²) in [4.78, 5) is 2.19. The summed E-state index contributed by atoms with van der Waals surface area (Å²) in [7, 11) is 0. The van der Waals surface area contributed by atoms with Crippen LogP contribution in [0.4, 0.5) is 8.78 Å². The maximum absolute atomic E-state index is 12.0. The second-order valence-electron chi connectivity index (χ2n) is 3.39. The van der Waals surface area contributed by atoms with E-state index in [2.05, 4.69) is 0 Å². The molecule has 1 aliphatic rings. The van der Waals surface area contributed by atoms with Crippen LogP contribution in [0.3, 0.4) is 0 Å². The van der Waals surface area contributed by atoms with Crippen molar-refractivity contribution in [3.63, 3.8) is 0 Å². The van der Waals surface area contributed by atoms with E-state index in [1.54, 1.807) is 4.90 Å². The Morgan fingerprint density at radius 2 is 2.31 bits per heavy atom. The van der Waals surface area contributed by atoms with E-state index in [0.29, 0.717) is 11.5 Å². The van der Waals surface area contributed by atoms with Crippen LogP contribution in [-0.2, 0) is 0 Å². The lowest BCUT2D eigenvalue weighted by Crippen LogP contribution is -2.42. The number of alkyl halides is 2. The molecule has 0 aromatic rings. The minimum absolute atomic E-state index is 0.127. The van der Waals surface area contributed by atoms with Gasteiger partial charge in [-0.1, -0.05) is 12.2 Å². The van der Waals surface area contributed by atoms with Gasteiger partial charge in [0.15, 0.2) is 0 Å². The number of piperidine rings is 1. The van der Waals surface area contributed by atoms with Gasteiger partial charge in [0.05, 0.1) is 11.5 Å². The Balaban J connectivity index is 2.37. The first-order valence-corrected chi connectivity index (χ1v) is 4.80. The van der Waals surface area contributed by atoms with Gasteiger partial charge in [0.25, 0.3) is 6.43 Å². The molecular weight excluding hydrogens is 194 g/mol. The average molecular weight is 208 g/mol. The Morgan fingerprint density at radius 1 is 1.62 bits per heavy atom. The quantitative estimate of drug-likeness (QED) is 0.708. The van der Waals surface area contributed by atoms with Crippen LogP contribution in [0.15, 0.2) is 0 Å². The molecule has 5 heteroatoms. The highest BCUT2D eigenvalue weighted by Gasteiger charge is 2.23. The summed E-state index contributed by atoms with van der Waals surface area (Å²) in [6.45, 7) is 1.18. The minimum atomic E-state index is -2.26. The van der Waals surface area contributed by atoms with Gasteiger partial charge in [0.1, 0.15) is 0 Å². The van der Waals surface area contributed by atoms with Gasteiger partial charge in [-0.25, -0.2) is 8.78 Å². The number of rotatable bonds is 3. The van der Waals surface area contributed by atoms with Crippen molar-refractivity contribution >= 4 is 17.2 Å². The molecule has 0 spiro atoms. The third-order valence-corrected chi connectivity index (χ3v) is 2.64. The fourth-order valence-corrected chi connectivity index (χ4v) is 1.84. The number of thiocarbonyl (C=S) groups is 1. The van der Waals surface area contributed by atoms with E-state index in [0.717, 1.165) is 19.4 Å². The van der Waals surface area contributed by atoms with Crippen LogP contribution in [0.25, 0.3) is 0 Å². The molecule has 0 aromatic carbocycles. The maximum atomic E-state index is 12.0. The highest BCUT2D eigenvalue weighted by atomic mass is 32.1. The summed E-state index contributed by atoms with van der Waals surface area (Å²) in [5.41, 5.74) is 5.48. The molecule has 2 nitrogen and oxygen atoms in total. The van der Waals surface area contributed by atoms with Gasteiger partial charge < -0.3 is 5.73 Å². The van der Waals surface area contributed by atoms with Crippen molar-refractivity contribution in [2.75, 3.05) is 19.6 Å². The van der Waals surface area contributed by atoms with Gasteiger partial charge >= 0.3 is 0 Å². The van der Waals surface area contributed by atoms with Gasteiger partial charge in [-0.05, 0) is 19.4 Å². The molecule has 0 radical (unpaired) electrons. The molecule has 1 heterocycles. The predicted molar refractivity (Wildman–Crippen MR) is 52.0 cm³/mol. The molecule has 1 rings (SSSR count). The second-order valence-corrected chi connectivity index (χ2v) is 3.86. The van der Waals surface area contributed by atoms with Gasteiger partial charge in [-0.15, -0.1) is 0 Å². The first-order chi connectivity index (χ1) is 6.09. The predicted octanol–water partition coefficient (Wildman–Crippen LogP) is 1.25. The molecule has 1 saturated heterocycles. The van der Waals surface area contributed by atoms with Crippen molar-refractivity contribution in [3.8, 4) is 0 Å². The fourth-order valence-electron chi connectivity index (χ4n) is 1.65. The van der Waals surface area contributed by atoms with E-state index in [1.165, 1.54) is 0 Å².